The first-order valence-corrected chi connectivity index (χ1v) is 9.06. The van der Waals surface area contributed by atoms with Gasteiger partial charge in [0.2, 0.25) is 11.8 Å². The summed E-state index contributed by atoms with van der Waals surface area (Å²) in [5.41, 5.74) is 1.64. The summed E-state index contributed by atoms with van der Waals surface area (Å²) in [4.78, 5) is 29.8. The minimum Gasteiger partial charge on any atom is -0.357 e. The Hall–Kier alpha value is -2.63. The summed E-state index contributed by atoms with van der Waals surface area (Å²) in [6.45, 7) is 3.38. The van der Waals surface area contributed by atoms with Gasteiger partial charge in [0.1, 0.15) is 6.54 Å². The van der Waals surface area contributed by atoms with Gasteiger partial charge in [0, 0.05) is 38.7 Å². The Morgan fingerprint density at radius 2 is 2.00 bits per heavy atom. The fourth-order valence-electron chi connectivity index (χ4n) is 2.32. The smallest absolute Gasteiger partial charge is 0.246 e. The van der Waals surface area contributed by atoms with Crippen molar-refractivity contribution in [2.75, 3.05) is 32.5 Å². The van der Waals surface area contributed by atoms with Crippen LogP contribution in [0.2, 0.25) is 0 Å². The fourth-order valence-corrected chi connectivity index (χ4v) is 2.32. The number of carbonyl (C=O) groups excluding carboxylic acids is 2. The summed E-state index contributed by atoms with van der Waals surface area (Å²) >= 11 is 0. The number of guanidine groups is 1. The van der Waals surface area contributed by atoms with Crippen molar-refractivity contribution >= 4 is 47.4 Å². The maximum atomic E-state index is 12.1. The van der Waals surface area contributed by atoms with Crippen LogP contribution in [0, 0.1) is 0 Å². The lowest BCUT2D eigenvalue weighted by Crippen LogP contribution is -2.42. The lowest BCUT2D eigenvalue weighted by Gasteiger charge is -2.14. The zero-order valence-corrected chi connectivity index (χ0v) is 19.2. The lowest BCUT2D eigenvalue weighted by atomic mass is 10.2. The second-order valence-electron chi connectivity index (χ2n) is 6.29. The van der Waals surface area contributed by atoms with Gasteiger partial charge in [-0.3, -0.25) is 14.3 Å². The van der Waals surface area contributed by atoms with Crippen LogP contribution in [0.1, 0.15) is 12.5 Å². The van der Waals surface area contributed by atoms with E-state index < -0.39 is 0 Å². The highest BCUT2D eigenvalue weighted by Crippen LogP contribution is 2.11. The van der Waals surface area contributed by atoms with Crippen molar-refractivity contribution in [1.82, 2.24) is 25.3 Å². The third-order valence-electron chi connectivity index (χ3n) is 3.75. The molecular weight excluding hydrogens is 485 g/mol. The van der Waals surface area contributed by atoms with Gasteiger partial charge in [-0.15, -0.1) is 24.0 Å². The Labute approximate surface area is 188 Å². The van der Waals surface area contributed by atoms with Crippen LogP contribution in [0.3, 0.4) is 0 Å². The number of aliphatic imine (C=N–C) groups is 1. The predicted octanol–water partition coefficient (Wildman–Crippen LogP) is 1.28. The molecule has 0 spiro atoms. The van der Waals surface area contributed by atoms with Crippen LogP contribution in [-0.2, 0) is 22.7 Å². The van der Waals surface area contributed by atoms with Crippen LogP contribution in [0.5, 0.6) is 0 Å². The number of nitrogens with zero attached hydrogens (tertiary/aromatic N) is 4. The molecule has 2 aromatic rings. The van der Waals surface area contributed by atoms with Crippen molar-refractivity contribution in [2.24, 2.45) is 4.99 Å². The standard InChI is InChI=1S/C19H27N7O2.HI/c1-4-20-19(22-13-18(28)25(2)3)21-12-15-7-5-8-16(11-15)24-17(27)14-26-10-6-9-23-26;/h5-11H,4,12-14H2,1-3H3,(H,24,27)(H2,20,21,22);1H. The minimum absolute atomic E-state index is 0. The van der Waals surface area contributed by atoms with E-state index in [4.69, 9.17) is 0 Å². The van der Waals surface area contributed by atoms with Crippen LogP contribution in [0.25, 0.3) is 0 Å². The number of rotatable bonds is 8. The third-order valence-corrected chi connectivity index (χ3v) is 3.75. The normalized spacial score (nSPS) is 10.7. The first-order chi connectivity index (χ1) is 13.5. The Kier molecular flexibility index (Phi) is 10.7. The molecule has 0 aliphatic carbocycles. The molecular formula is C19H28IN7O2. The fraction of sp³-hybridized carbons (Fsp3) is 0.368. The van der Waals surface area contributed by atoms with Gasteiger partial charge in [0.05, 0.1) is 13.1 Å². The second kappa shape index (κ2) is 12.8. The highest BCUT2D eigenvalue weighted by molar-refractivity contribution is 14.0. The van der Waals surface area contributed by atoms with E-state index in [0.717, 1.165) is 5.56 Å². The van der Waals surface area contributed by atoms with E-state index in [-0.39, 0.29) is 48.9 Å². The summed E-state index contributed by atoms with van der Waals surface area (Å²) in [5, 5.41) is 13.0. The number of aromatic nitrogens is 2. The molecule has 10 heteroatoms. The third kappa shape index (κ3) is 8.94. The Morgan fingerprint density at radius 3 is 2.66 bits per heavy atom. The van der Waals surface area contributed by atoms with Crippen LogP contribution < -0.4 is 16.0 Å². The number of likely N-dealkylation sites (N-methyl/N-ethyl adjacent to an activating group) is 1. The summed E-state index contributed by atoms with van der Waals surface area (Å²) in [6, 6.07) is 9.27. The van der Waals surface area contributed by atoms with Gasteiger partial charge < -0.3 is 20.9 Å². The second-order valence-corrected chi connectivity index (χ2v) is 6.29. The molecule has 0 saturated heterocycles. The molecule has 1 aromatic carbocycles. The van der Waals surface area contributed by atoms with E-state index in [1.165, 1.54) is 4.90 Å². The van der Waals surface area contributed by atoms with E-state index in [0.29, 0.717) is 24.7 Å². The van der Waals surface area contributed by atoms with E-state index in [1.807, 2.05) is 31.2 Å². The molecule has 0 fully saturated rings. The van der Waals surface area contributed by atoms with Crippen molar-refractivity contribution in [3.63, 3.8) is 0 Å². The van der Waals surface area contributed by atoms with Crippen molar-refractivity contribution in [3.05, 3.63) is 48.3 Å². The minimum atomic E-state index is -0.151. The van der Waals surface area contributed by atoms with Crippen molar-refractivity contribution in [1.29, 1.82) is 0 Å². The zero-order chi connectivity index (χ0) is 20.4. The molecule has 0 unspecified atom stereocenters. The molecule has 158 valence electrons. The molecule has 0 saturated carbocycles. The number of hydrogen-bond acceptors (Lipinski definition) is 4. The predicted molar refractivity (Wildman–Crippen MR) is 124 cm³/mol. The Morgan fingerprint density at radius 1 is 1.21 bits per heavy atom. The number of carbonyl (C=O) groups is 2. The number of benzene rings is 1. The highest BCUT2D eigenvalue weighted by Gasteiger charge is 2.06. The lowest BCUT2D eigenvalue weighted by molar-refractivity contribution is -0.127. The molecule has 0 aliphatic heterocycles. The van der Waals surface area contributed by atoms with Crippen LogP contribution in [0.4, 0.5) is 5.69 Å². The molecule has 29 heavy (non-hydrogen) atoms. The molecule has 1 aromatic heterocycles. The summed E-state index contributed by atoms with van der Waals surface area (Å²) in [6.07, 6.45) is 3.37. The molecule has 0 atom stereocenters. The van der Waals surface area contributed by atoms with E-state index in [2.05, 4.69) is 26.0 Å². The van der Waals surface area contributed by atoms with Crippen LogP contribution in [0.15, 0.2) is 47.7 Å². The van der Waals surface area contributed by atoms with Gasteiger partial charge in [0.15, 0.2) is 5.96 Å². The monoisotopic (exact) mass is 513 g/mol. The SMILES string of the molecule is CCNC(=NCc1cccc(NC(=O)Cn2cccn2)c1)NCC(=O)N(C)C.I. The number of hydrogen-bond donors (Lipinski definition) is 3. The van der Waals surface area contributed by atoms with E-state index >= 15 is 0 Å². The van der Waals surface area contributed by atoms with Crippen LogP contribution >= 0.6 is 24.0 Å². The molecule has 0 radical (unpaired) electrons. The Balaban J connectivity index is 0.00000420. The van der Waals surface area contributed by atoms with Gasteiger partial charge in [0.25, 0.3) is 0 Å². The van der Waals surface area contributed by atoms with Gasteiger partial charge in [-0.25, -0.2) is 4.99 Å². The first kappa shape index (κ1) is 24.4. The van der Waals surface area contributed by atoms with E-state index in [9.17, 15) is 9.59 Å². The van der Waals surface area contributed by atoms with Crippen molar-refractivity contribution in [2.45, 2.75) is 20.0 Å². The molecule has 1 heterocycles. The zero-order valence-electron chi connectivity index (χ0n) is 16.9. The maximum Gasteiger partial charge on any atom is 0.246 e. The number of nitrogens with one attached hydrogen (secondary N) is 3. The number of anilines is 1. The summed E-state index contributed by atoms with van der Waals surface area (Å²) in [7, 11) is 3.42. The summed E-state index contributed by atoms with van der Waals surface area (Å²) in [5.74, 6) is 0.375. The number of amides is 2. The van der Waals surface area contributed by atoms with Crippen molar-refractivity contribution < 1.29 is 9.59 Å². The topological polar surface area (TPSA) is 104 Å². The average Bonchev–Trinajstić information content (AvgIpc) is 3.16. The highest BCUT2D eigenvalue weighted by atomic mass is 127. The number of halogens is 1. The largest absolute Gasteiger partial charge is 0.357 e. The van der Waals surface area contributed by atoms with E-state index in [1.54, 1.807) is 37.2 Å². The van der Waals surface area contributed by atoms with Gasteiger partial charge in [-0.1, -0.05) is 12.1 Å². The quantitative estimate of drug-likeness (QED) is 0.281. The summed E-state index contributed by atoms with van der Waals surface area (Å²) < 4.78 is 1.56. The van der Waals surface area contributed by atoms with Gasteiger partial charge in [-0.2, -0.15) is 5.10 Å². The Bertz CT molecular complexity index is 807. The molecule has 2 amide bonds. The molecule has 2 rings (SSSR count). The maximum absolute atomic E-state index is 12.1. The van der Waals surface area contributed by atoms with Gasteiger partial charge >= 0.3 is 0 Å². The molecule has 0 aliphatic rings. The molecule has 0 bridgehead atoms. The molecule has 3 N–H and O–H groups in total. The van der Waals surface area contributed by atoms with Crippen molar-refractivity contribution in [3.8, 4) is 0 Å². The molecule has 9 nitrogen and oxygen atoms in total. The van der Waals surface area contributed by atoms with Crippen LogP contribution in [-0.4, -0.2) is 59.6 Å². The first-order valence-electron chi connectivity index (χ1n) is 9.06. The van der Waals surface area contributed by atoms with Gasteiger partial charge in [-0.05, 0) is 30.7 Å². The average molecular weight is 513 g/mol.